The van der Waals surface area contributed by atoms with Crippen LogP contribution in [0.4, 0.5) is 0 Å². The van der Waals surface area contributed by atoms with E-state index in [0.717, 1.165) is 47.9 Å². The van der Waals surface area contributed by atoms with E-state index in [9.17, 15) is 0 Å². The lowest BCUT2D eigenvalue weighted by Gasteiger charge is -2.25. The van der Waals surface area contributed by atoms with Gasteiger partial charge in [-0.3, -0.25) is 9.98 Å². The second-order valence-electron chi connectivity index (χ2n) is 8.30. The molecule has 2 aromatic rings. The van der Waals surface area contributed by atoms with E-state index in [-0.39, 0.29) is 30.4 Å². The molecule has 0 saturated carbocycles. The molecule has 0 aliphatic carbocycles. The van der Waals surface area contributed by atoms with Gasteiger partial charge in [0.15, 0.2) is 10.3 Å². The van der Waals surface area contributed by atoms with Crippen molar-refractivity contribution in [3.63, 3.8) is 0 Å². The maximum Gasteiger partial charge on any atom is 0.168 e. The topological polar surface area (TPSA) is 49.2 Å². The number of nitrogens with zero attached hydrogens (tertiary/aromatic N) is 3. The van der Waals surface area contributed by atoms with Gasteiger partial charge in [0.05, 0.1) is 32.3 Å². The van der Waals surface area contributed by atoms with E-state index in [4.69, 9.17) is 14.7 Å². The van der Waals surface area contributed by atoms with Gasteiger partial charge >= 0.3 is 0 Å². The molecule has 176 valence electrons. The van der Waals surface area contributed by atoms with Crippen molar-refractivity contribution in [1.29, 1.82) is 0 Å². The summed E-state index contributed by atoms with van der Waals surface area (Å²) in [4.78, 5) is 12.0. The van der Waals surface area contributed by atoms with E-state index in [2.05, 4.69) is 58.9 Å². The van der Waals surface area contributed by atoms with Gasteiger partial charge in [0.25, 0.3) is 0 Å². The zero-order chi connectivity index (χ0) is 21.3. The highest BCUT2D eigenvalue weighted by molar-refractivity contribution is 8.17. The van der Waals surface area contributed by atoms with Crippen molar-refractivity contribution < 1.29 is 4.74 Å². The van der Waals surface area contributed by atoms with Crippen LogP contribution in [0.1, 0.15) is 23.6 Å². The fraction of sp³-hybridized carbons (Fsp3) is 0.333. The Morgan fingerprint density at radius 1 is 1.09 bits per heavy atom. The summed E-state index contributed by atoms with van der Waals surface area (Å²) in [5, 5.41) is 8.05. The van der Waals surface area contributed by atoms with Crippen LogP contribution in [0.2, 0.25) is 0 Å². The highest BCUT2D eigenvalue weighted by Gasteiger charge is 2.32. The summed E-state index contributed by atoms with van der Waals surface area (Å²) in [5.74, 6) is 1.78. The van der Waals surface area contributed by atoms with E-state index in [1.807, 2.05) is 12.1 Å². The zero-order valence-electron chi connectivity index (χ0n) is 18.6. The van der Waals surface area contributed by atoms with Gasteiger partial charge < -0.3 is 15.0 Å². The number of benzene rings is 2. The Bertz CT molecular complexity index is 1070. The van der Waals surface area contributed by atoms with Gasteiger partial charge in [-0.05, 0) is 47.6 Å². The first-order valence-corrected chi connectivity index (χ1v) is 12.3. The molecule has 3 heterocycles. The molecule has 1 N–H and O–H groups in total. The normalized spacial score (nSPS) is 20.7. The zero-order valence-corrected chi connectivity index (χ0v) is 21.9. The van der Waals surface area contributed by atoms with Crippen LogP contribution in [-0.2, 0) is 19.5 Å². The summed E-state index contributed by atoms with van der Waals surface area (Å²) in [6, 6.07) is 16.9. The number of fused-ring (bicyclic) bond motifs is 2. The van der Waals surface area contributed by atoms with Crippen molar-refractivity contribution in [2.75, 3.05) is 19.4 Å². The molecule has 0 radical (unpaired) electrons. The SMILES string of the molecule is COc1ccc(CC2(C)CN=C(SCC3=CSC4=NCc5ccccc5CN34)N2)cc1.Cl.Cl. The van der Waals surface area contributed by atoms with E-state index < -0.39 is 0 Å². The van der Waals surface area contributed by atoms with E-state index in [0.29, 0.717) is 0 Å². The van der Waals surface area contributed by atoms with Crippen LogP contribution in [0.25, 0.3) is 0 Å². The molecule has 0 fully saturated rings. The number of amidine groups is 2. The Labute approximate surface area is 216 Å². The number of hydrogen-bond acceptors (Lipinski definition) is 7. The molecule has 0 aromatic heterocycles. The Morgan fingerprint density at radius 3 is 2.61 bits per heavy atom. The third-order valence-corrected chi connectivity index (χ3v) is 7.69. The molecule has 33 heavy (non-hydrogen) atoms. The monoisotopic (exact) mass is 522 g/mol. The highest BCUT2D eigenvalue weighted by atomic mass is 35.5. The fourth-order valence-electron chi connectivity index (χ4n) is 4.07. The van der Waals surface area contributed by atoms with Gasteiger partial charge in [-0.1, -0.05) is 59.9 Å². The van der Waals surface area contributed by atoms with Crippen LogP contribution in [0.3, 0.4) is 0 Å². The third-order valence-electron chi connectivity index (χ3n) is 5.80. The summed E-state index contributed by atoms with van der Waals surface area (Å²) in [5.41, 5.74) is 5.23. The van der Waals surface area contributed by atoms with Gasteiger partial charge in [-0.2, -0.15) is 0 Å². The molecule has 3 aliphatic rings. The van der Waals surface area contributed by atoms with Crippen molar-refractivity contribution in [2.24, 2.45) is 9.98 Å². The second kappa shape index (κ2) is 11.1. The molecule has 0 spiro atoms. The predicted octanol–water partition coefficient (Wildman–Crippen LogP) is 5.49. The van der Waals surface area contributed by atoms with Crippen molar-refractivity contribution in [3.05, 3.63) is 76.3 Å². The lowest BCUT2D eigenvalue weighted by atomic mass is 9.94. The van der Waals surface area contributed by atoms with E-state index in [1.165, 1.54) is 22.4 Å². The molecule has 1 unspecified atom stereocenters. The number of nitrogens with one attached hydrogen (secondary N) is 1. The number of aliphatic imine (C=N–C) groups is 2. The number of rotatable bonds is 5. The number of ether oxygens (including phenoxy) is 1. The van der Waals surface area contributed by atoms with E-state index >= 15 is 0 Å². The maximum absolute atomic E-state index is 5.27. The van der Waals surface area contributed by atoms with Crippen LogP contribution in [0.5, 0.6) is 5.75 Å². The number of methoxy groups -OCH3 is 1. The summed E-state index contributed by atoms with van der Waals surface area (Å²) < 4.78 is 5.27. The molecular formula is C24H28Cl2N4OS2. The minimum absolute atomic E-state index is 0. The van der Waals surface area contributed by atoms with Crippen LogP contribution >= 0.6 is 48.3 Å². The third kappa shape index (κ3) is 5.83. The Morgan fingerprint density at radius 2 is 1.85 bits per heavy atom. The molecule has 0 amide bonds. The quantitative estimate of drug-likeness (QED) is 0.562. The standard InChI is InChI=1S/C24H26N4OS2.2ClH/c1-24(11-17-7-9-21(29-2)10-8-17)16-26-22(27-24)30-14-20-15-31-23-25-12-18-5-3-4-6-19(18)13-28(20)23;;/h3-10,15H,11-14,16H2,1-2H3,(H,26,27);2*1H. The van der Waals surface area contributed by atoms with Crippen LogP contribution in [-0.4, -0.2) is 40.2 Å². The van der Waals surface area contributed by atoms with Crippen molar-refractivity contribution >= 4 is 58.7 Å². The summed E-state index contributed by atoms with van der Waals surface area (Å²) in [6.07, 6.45) is 0.933. The predicted molar refractivity (Wildman–Crippen MR) is 146 cm³/mol. The van der Waals surface area contributed by atoms with Crippen LogP contribution in [0, 0.1) is 0 Å². The largest absolute Gasteiger partial charge is 0.497 e. The second-order valence-corrected chi connectivity index (χ2v) is 10.1. The van der Waals surface area contributed by atoms with Gasteiger partial charge in [0.1, 0.15) is 5.75 Å². The van der Waals surface area contributed by atoms with Crippen molar-refractivity contribution in [2.45, 2.75) is 32.0 Å². The average molecular weight is 524 g/mol. The van der Waals surface area contributed by atoms with Crippen molar-refractivity contribution in [3.8, 4) is 5.75 Å². The molecule has 9 heteroatoms. The number of halogens is 2. The lowest BCUT2D eigenvalue weighted by molar-refractivity contribution is 0.414. The Hall–Kier alpha value is -1.80. The first-order chi connectivity index (χ1) is 15.1. The summed E-state index contributed by atoms with van der Waals surface area (Å²) in [6.45, 7) is 4.69. The summed E-state index contributed by atoms with van der Waals surface area (Å²) in [7, 11) is 1.70. The van der Waals surface area contributed by atoms with Crippen LogP contribution < -0.4 is 10.1 Å². The molecular weight excluding hydrogens is 495 g/mol. The molecule has 2 aromatic carbocycles. The van der Waals surface area contributed by atoms with E-state index in [1.54, 1.807) is 30.6 Å². The molecule has 1 atom stereocenters. The van der Waals surface area contributed by atoms with Gasteiger partial charge in [-0.25, -0.2) is 0 Å². The summed E-state index contributed by atoms with van der Waals surface area (Å²) >= 11 is 3.52. The van der Waals surface area contributed by atoms with Crippen LogP contribution in [0.15, 0.2) is 69.6 Å². The van der Waals surface area contributed by atoms with Gasteiger partial charge in [0, 0.05) is 11.4 Å². The Balaban J connectivity index is 0.00000153. The molecule has 3 aliphatic heterocycles. The van der Waals surface area contributed by atoms with Gasteiger partial charge in [0.2, 0.25) is 0 Å². The van der Waals surface area contributed by atoms with Gasteiger partial charge in [-0.15, -0.1) is 24.8 Å². The molecule has 5 nitrogen and oxygen atoms in total. The Kier molecular flexibility index (Phi) is 8.67. The minimum atomic E-state index is -0.0517. The fourth-order valence-corrected chi connectivity index (χ4v) is 6.07. The minimum Gasteiger partial charge on any atom is -0.497 e. The average Bonchev–Trinajstić information content (AvgIpc) is 3.29. The molecule has 0 saturated heterocycles. The first kappa shape index (κ1) is 25.8. The van der Waals surface area contributed by atoms with Crippen molar-refractivity contribution in [1.82, 2.24) is 10.2 Å². The first-order valence-electron chi connectivity index (χ1n) is 10.4. The lowest BCUT2D eigenvalue weighted by Crippen LogP contribution is -2.44. The highest BCUT2D eigenvalue weighted by Crippen LogP contribution is 2.34. The smallest absolute Gasteiger partial charge is 0.168 e. The maximum atomic E-state index is 5.27. The molecule has 0 bridgehead atoms. The molecule has 5 rings (SSSR count). The number of thioether (sulfide) groups is 2. The number of hydrogen-bond donors (Lipinski definition) is 1.